The van der Waals surface area contributed by atoms with E-state index in [-0.39, 0.29) is 6.04 Å². The molecule has 2 rings (SSSR count). The number of hydrogen-bond acceptors (Lipinski definition) is 3. The molecule has 1 aliphatic carbocycles. The van der Waals surface area contributed by atoms with Gasteiger partial charge in [0.2, 0.25) is 10.0 Å². The van der Waals surface area contributed by atoms with Crippen LogP contribution in [0.2, 0.25) is 0 Å². The fourth-order valence-electron chi connectivity index (χ4n) is 3.08. The Morgan fingerprint density at radius 3 is 2.29 bits per heavy atom. The third-order valence-corrected chi connectivity index (χ3v) is 6.83. The second-order valence-electron chi connectivity index (χ2n) is 6.40. The summed E-state index contributed by atoms with van der Waals surface area (Å²) >= 11 is 0. The molecule has 0 aliphatic heterocycles. The van der Waals surface area contributed by atoms with Crippen molar-refractivity contribution in [2.45, 2.75) is 57.4 Å². The summed E-state index contributed by atoms with van der Waals surface area (Å²) < 4.78 is 27.4. The Balaban J connectivity index is 2.34. The van der Waals surface area contributed by atoms with E-state index in [0.29, 0.717) is 16.5 Å². The molecule has 0 atom stereocenters. The first-order valence-electron chi connectivity index (χ1n) is 7.58. The fourth-order valence-corrected chi connectivity index (χ4v) is 4.83. The number of nitrogens with zero attached hydrogens (tertiary/aromatic N) is 1. The third-order valence-electron chi connectivity index (χ3n) is 4.80. The molecule has 0 amide bonds. The fraction of sp³-hybridized carbons (Fsp3) is 0.625. The monoisotopic (exact) mass is 310 g/mol. The van der Waals surface area contributed by atoms with Crippen LogP contribution in [0, 0.1) is 19.8 Å². The Morgan fingerprint density at radius 2 is 1.71 bits per heavy atom. The summed E-state index contributed by atoms with van der Waals surface area (Å²) in [6.45, 7) is 5.97. The highest BCUT2D eigenvalue weighted by Gasteiger charge is 2.31. The Labute approximate surface area is 128 Å². The number of rotatable bonds is 3. The van der Waals surface area contributed by atoms with Crippen LogP contribution in [0.4, 0.5) is 5.69 Å². The van der Waals surface area contributed by atoms with Crippen LogP contribution in [0.25, 0.3) is 0 Å². The summed E-state index contributed by atoms with van der Waals surface area (Å²) in [7, 11) is -1.78. The maximum Gasteiger partial charge on any atom is 0.243 e. The van der Waals surface area contributed by atoms with Gasteiger partial charge in [0, 0.05) is 18.8 Å². The molecule has 2 N–H and O–H groups in total. The molecule has 1 aliphatic rings. The van der Waals surface area contributed by atoms with Gasteiger partial charge in [-0.3, -0.25) is 0 Å². The van der Waals surface area contributed by atoms with Crippen molar-refractivity contribution >= 4 is 15.7 Å². The molecule has 0 heterocycles. The van der Waals surface area contributed by atoms with E-state index in [0.717, 1.165) is 36.8 Å². The number of benzene rings is 1. The molecular formula is C16H26N2O2S. The Bertz CT molecular complexity index is 617. The second-order valence-corrected chi connectivity index (χ2v) is 8.36. The molecule has 1 fully saturated rings. The number of aryl methyl sites for hydroxylation is 1. The molecule has 4 nitrogen and oxygen atoms in total. The normalized spacial score (nSPS) is 23.5. The SMILES string of the molecule is Cc1cc(N)cc(S(=O)(=O)N(C)C2CCC(C)CC2)c1C. The van der Waals surface area contributed by atoms with Crippen molar-refractivity contribution in [3.05, 3.63) is 23.3 Å². The van der Waals surface area contributed by atoms with Gasteiger partial charge in [0.15, 0.2) is 0 Å². The van der Waals surface area contributed by atoms with E-state index < -0.39 is 10.0 Å². The van der Waals surface area contributed by atoms with E-state index in [2.05, 4.69) is 6.92 Å². The quantitative estimate of drug-likeness (QED) is 0.873. The van der Waals surface area contributed by atoms with Gasteiger partial charge in [0.05, 0.1) is 4.90 Å². The first-order chi connectivity index (χ1) is 9.73. The van der Waals surface area contributed by atoms with Crippen molar-refractivity contribution in [2.24, 2.45) is 5.92 Å². The first-order valence-corrected chi connectivity index (χ1v) is 9.02. The minimum absolute atomic E-state index is 0.104. The molecule has 0 spiro atoms. The van der Waals surface area contributed by atoms with E-state index in [1.165, 1.54) is 0 Å². The van der Waals surface area contributed by atoms with Crippen LogP contribution in [0.15, 0.2) is 17.0 Å². The zero-order valence-electron chi connectivity index (χ0n) is 13.4. The van der Waals surface area contributed by atoms with Crippen LogP contribution in [0.1, 0.15) is 43.7 Å². The van der Waals surface area contributed by atoms with Crippen LogP contribution < -0.4 is 5.73 Å². The molecule has 118 valence electrons. The summed E-state index contributed by atoms with van der Waals surface area (Å²) in [6, 6.07) is 3.50. The number of hydrogen-bond donors (Lipinski definition) is 1. The minimum Gasteiger partial charge on any atom is -0.399 e. The van der Waals surface area contributed by atoms with Crippen molar-refractivity contribution in [3.63, 3.8) is 0 Å². The molecule has 0 radical (unpaired) electrons. The second kappa shape index (κ2) is 5.97. The number of sulfonamides is 1. The average molecular weight is 310 g/mol. The topological polar surface area (TPSA) is 63.4 Å². The van der Waals surface area contributed by atoms with Gasteiger partial charge in [-0.05, 0) is 68.7 Å². The highest BCUT2D eigenvalue weighted by atomic mass is 32.2. The standard InChI is InChI=1S/C16H26N2O2S/c1-11-5-7-15(8-6-11)18(4)21(19,20)16-10-14(17)9-12(2)13(16)3/h9-11,15H,5-8,17H2,1-4H3. The lowest BCUT2D eigenvalue weighted by atomic mass is 9.87. The molecule has 0 saturated heterocycles. The summed E-state index contributed by atoms with van der Waals surface area (Å²) in [5.41, 5.74) is 8.05. The van der Waals surface area contributed by atoms with Gasteiger partial charge in [0.1, 0.15) is 0 Å². The molecule has 0 aromatic heterocycles. The zero-order valence-corrected chi connectivity index (χ0v) is 14.2. The Hall–Kier alpha value is -1.07. The van der Waals surface area contributed by atoms with Gasteiger partial charge >= 0.3 is 0 Å². The highest BCUT2D eigenvalue weighted by Crippen LogP contribution is 2.31. The van der Waals surface area contributed by atoms with Gasteiger partial charge in [-0.25, -0.2) is 8.42 Å². The van der Waals surface area contributed by atoms with Gasteiger partial charge in [0.25, 0.3) is 0 Å². The van der Waals surface area contributed by atoms with Gasteiger partial charge in [-0.2, -0.15) is 4.31 Å². The number of anilines is 1. The molecule has 1 aromatic carbocycles. The van der Waals surface area contributed by atoms with Gasteiger partial charge < -0.3 is 5.73 Å². The van der Waals surface area contributed by atoms with Crippen LogP contribution >= 0.6 is 0 Å². The average Bonchev–Trinajstić information content (AvgIpc) is 2.42. The van der Waals surface area contributed by atoms with E-state index >= 15 is 0 Å². The Morgan fingerprint density at radius 1 is 1.14 bits per heavy atom. The maximum atomic E-state index is 12.9. The summed E-state index contributed by atoms with van der Waals surface area (Å²) in [5, 5.41) is 0. The predicted molar refractivity (Wildman–Crippen MR) is 86.7 cm³/mol. The van der Waals surface area contributed by atoms with Gasteiger partial charge in [-0.1, -0.05) is 6.92 Å². The molecule has 1 aromatic rings. The van der Waals surface area contributed by atoms with E-state index in [9.17, 15) is 8.42 Å². The van der Waals surface area contributed by atoms with Crippen LogP contribution in [0.3, 0.4) is 0 Å². The van der Waals surface area contributed by atoms with E-state index in [1.807, 2.05) is 19.9 Å². The molecule has 21 heavy (non-hydrogen) atoms. The lowest BCUT2D eigenvalue weighted by molar-refractivity contribution is 0.246. The molecule has 1 saturated carbocycles. The largest absolute Gasteiger partial charge is 0.399 e. The first kappa shape index (κ1) is 16.3. The summed E-state index contributed by atoms with van der Waals surface area (Å²) in [6.07, 6.45) is 4.08. The summed E-state index contributed by atoms with van der Waals surface area (Å²) in [4.78, 5) is 0.348. The Kier molecular flexibility index (Phi) is 4.63. The van der Waals surface area contributed by atoms with Gasteiger partial charge in [-0.15, -0.1) is 0 Å². The van der Waals surface area contributed by atoms with Crippen molar-refractivity contribution in [3.8, 4) is 0 Å². The van der Waals surface area contributed by atoms with Crippen molar-refractivity contribution in [1.29, 1.82) is 0 Å². The van der Waals surface area contributed by atoms with Crippen molar-refractivity contribution in [1.82, 2.24) is 4.31 Å². The van der Waals surface area contributed by atoms with E-state index in [1.54, 1.807) is 17.4 Å². The molecule has 5 heteroatoms. The lowest BCUT2D eigenvalue weighted by Gasteiger charge is -2.33. The lowest BCUT2D eigenvalue weighted by Crippen LogP contribution is -2.39. The highest BCUT2D eigenvalue weighted by molar-refractivity contribution is 7.89. The third kappa shape index (κ3) is 3.24. The molecule has 0 unspecified atom stereocenters. The summed E-state index contributed by atoms with van der Waals surface area (Å²) in [5.74, 6) is 0.703. The number of nitrogen functional groups attached to an aromatic ring is 1. The van der Waals surface area contributed by atoms with Crippen LogP contribution in [-0.2, 0) is 10.0 Å². The zero-order chi connectivity index (χ0) is 15.8. The molecule has 0 bridgehead atoms. The van der Waals surface area contributed by atoms with E-state index in [4.69, 9.17) is 5.73 Å². The smallest absolute Gasteiger partial charge is 0.243 e. The number of nitrogens with two attached hydrogens (primary N) is 1. The van der Waals surface area contributed by atoms with Crippen LogP contribution in [0.5, 0.6) is 0 Å². The van der Waals surface area contributed by atoms with Crippen molar-refractivity contribution < 1.29 is 8.42 Å². The van der Waals surface area contributed by atoms with Crippen molar-refractivity contribution in [2.75, 3.05) is 12.8 Å². The predicted octanol–water partition coefficient (Wildman–Crippen LogP) is 3.08. The minimum atomic E-state index is -3.48. The maximum absolute atomic E-state index is 12.9. The molecular weight excluding hydrogens is 284 g/mol. The van der Waals surface area contributed by atoms with Crippen LogP contribution in [-0.4, -0.2) is 25.8 Å².